The number of hydrogen-bond donors (Lipinski definition) is 1. The van der Waals surface area contributed by atoms with Gasteiger partial charge in [0.25, 0.3) is 0 Å². The summed E-state index contributed by atoms with van der Waals surface area (Å²) < 4.78 is 1.98. The molecule has 0 unspecified atom stereocenters. The van der Waals surface area contributed by atoms with E-state index in [1.807, 2.05) is 11.7 Å². The Morgan fingerprint density at radius 2 is 1.94 bits per heavy atom. The van der Waals surface area contributed by atoms with Crippen LogP contribution in [0.25, 0.3) is 0 Å². The van der Waals surface area contributed by atoms with E-state index in [1.165, 1.54) is 44.9 Å². The molecule has 102 valence electrons. The Bertz CT molecular complexity index is 353. The summed E-state index contributed by atoms with van der Waals surface area (Å²) in [4.78, 5) is 4.75. The van der Waals surface area contributed by atoms with Gasteiger partial charge in [-0.25, -0.2) is 4.98 Å². The summed E-state index contributed by atoms with van der Waals surface area (Å²) in [7, 11) is 2.03. The van der Waals surface area contributed by atoms with Crippen molar-refractivity contribution < 1.29 is 0 Å². The smallest absolute Gasteiger partial charge is 0.154 e. The quantitative estimate of drug-likeness (QED) is 0.789. The third-order valence-electron chi connectivity index (χ3n) is 3.94. The van der Waals surface area contributed by atoms with E-state index in [1.54, 1.807) is 0 Å². The molecule has 1 aliphatic carbocycles. The summed E-state index contributed by atoms with van der Waals surface area (Å²) >= 11 is 0. The highest BCUT2D eigenvalue weighted by Crippen LogP contribution is 2.30. The largest absolute Gasteiger partial charge is 0.330 e. The average Bonchev–Trinajstić information content (AvgIpc) is 2.77. The van der Waals surface area contributed by atoms with Gasteiger partial charge in [0.1, 0.15) is 5.82 Å². The summed E-state index contributed by atoms with van der Waals surface area (Å²) in [6.45, 7) is 0.798. The fourth-order valence-corrected chi connectivity index (χ4v) is 2.79. The van der Waals surface area contributed by atoms with E-state index in [2.05, 4.69) is 5.10 Å². The zero-order valence-electron chi connectivity index (χ0n) is 11.6. The second kappa shape index (κ2) is 6.88. The molecule has 0 aliphatic heterocycles. The van der Waals surface area contributed by atoms with Crippen molar-refractivity contribution in [3.8, 4) is 0 Å². The third kappa shape index (κ3) is 3.55. The Morgan fingerprint density at radius 1 is 1.17 bits per heavy atom. The van der Waals surface area contributed by atoms with Gasteiger partial charge in [-0.15, -0.1) is 0 Å². The molecule has 1 saturated carbocycles. The molecular formula is C14H26N4. The molecule has 0 aromatic carbocycles. The van der Waals surface area contributed by atoms with Gasteiger partial charge in [0.05, 0.1) is 0 Å². The summed E-state index contributed by atoms with van der Waals surface area (Å²) in [6, 6.07) is 0. The van der Waals surface area contributed by atoms with Gasteiger partial charge >= 0.3 is 0 Å². The molecule has 1 aliphatic rings. The van der Waals surface area contributed by atoms with E-state index < -0.39 is 0 Å². The Hall–Kier alpha value is -0.900. The number of unbranched alkanes of at least 4 members (excludes halogenated alkanes) is 2. The minimum Gasteiger partial charge on any atom is -0.330 e. The molecule has 0 radical (unpaired) electrons. The van der Waals surface area contributed by atoms with Crippen LogP contribution in [-0.2, 0) is 13.5 Å². The number of aryl methyl sites for hydroxylation is 2. The van der Waals surface area contributed by atoms with Gasteiger partial charge in [0, 0.05) is 19.4 Å². The first-order valence-electron chi connectivity index (χ1n) is 7.41. The Labute approximate surface area is 110 Å². The second-order valence-electron chi connectivity index (χ2n) is 5.44. The summed E-state index contributed by atoms with van der Waals surface area (Å²) in [5.41, 5.74) is 5.51. The number of aromatic nitrogens is 3. The highest BCUT2D eigenvalue weighted by atomic mass is 15.3. The lowest BCUT2D eigenvalue weighted by Crippen LogP contribution is -2.06. The summed E-state index contributed by atoms with van der Waals surface area (Å²) in [6.07, 6.45) is 11.1. The van der Waals surface area contributed by atoms with E-state index in [-0.39, 0.29) is 0 Å². The first-order chi connectivity index (χ1) is 8.81. The lowest BCUT2D eigenvalue weighted by molar-refractivity contribution is 0.427. The Kier molecular flexibility index (Phi) is 5.17. The van der Waals surface area contributed by atoms with Crippen molar-refractivity contribution in [1.29, 1.82) is 0 Å². The summed E-state index contributed by atoms with van der Waals surface area (Å²) in [5.74, 6) is 2.85. The molecule has 0 atom stereocenters. The maximum Gasteiger partial charge on any atom is 0.154 e. The Balaban J connectivity index is 1.89. The molecule has 2 rings (SSSR count). The van der Waals surface area contributed by atoms with E-state index >= 15 is 0 Å². The van der Waals surface area contributed by atoms with Crippen molar-refractivity contribution in [2.75, 3.05) is 6.54 Å². The predicted octanol–water partition coefficient (Wildman–Crippen LogP) is 2.53. The van der Waals surface area contributed by atoms with Crippen LogP contribution in [0.4, 0.5) is 0 Å². The van der Waals surface area contributed by atoms with Gasteiger partial charge in [-0.2, -0.15) is 5.10 Å². The number of hydrogen-bond acceptors (Lipinski definition) is 3. The van der Waals surface area contributed by atoms with Gasteiger partial charge in [0.2, 0.25) is 0 Å². The molecule has 1 aromatic rings. The third-order valence-corrected chi connectivity index (χ3v) is 3.94. The Morgan fingerprint density at radius 3 is 2.67 bits per heavy atom. The van der Waals surface area contributed by atoms with Crippen LogP contribution in [0, 0.1) is 0 Å². The lowest BCUT2D eigenvalue weighted by atomic mass is 9.89. The number of nitrogens with two attached hydrogens (primary N) is 1. The van der Waals surface area contributed by atoms with Crippen molar-refractivity contribution in [2.45, 2.75) is 63.7 Å². The van der Waals surface area contributed by atoms with E-state index in [4.69, 9.17) is 10.7 Å². The van der Waals surface area contributed by atoms with E-state index in [9.17, 15) is 0 Å². The molecule has 0 saturated heterocycles. The highest BCUT2D eigenvalue weighted by Gasteiger charge is 2.20. The van der Waals surface area contributed by atoms with Gasteiger partial charge in [-0.3, -0.25) is 4.68 Å². The predicted molar refractivity (Wildman–Crippen MR) is 73.4 cm³/mol. The van der Waals surface area contributed by atoms with Gasteiger partial charge in [-0.05, 0) is 32.2 Å². The fraction of sp³-hybridized carbons (Fsp3) is 0.857. The van der Waals surface area contributed by atoms with E-state index in [0.717, 1.165) is 31.0 Å². The number of rotatable bonds is 6. The minimum atomic E-state index is 0.614. The first kappa shape index (κ1) is 13.5. The van der Waals surface area contributed by atoms with Crippen LogP contribution in [-0.4, -0.2) is 21.3 Å². The molecule has 18 heavy (non-hydrogen) atoms. The number of nitrogens with zero attached hydrogens (tertiary/aromatic N) is 3. The molecule has 4 heteroatoms. The molecule has 2 N–H and O–H groups in total. The van der Waals surface area contributed by atoms with Crippen molar-refractivity contribution in [3.05, 3.63) is 11.6 Å². The van der Waals surface area contributed by atoms with Crippen LogP contribution in [0.2, 0.25) is 0 Å². The lowest BCUT2D eigenvalue weighted by Gasteiger charge is -2.18. The van der Waals surface area contributed by atoms with Crippen molar-refractivity contribution in [1.82, 2.24) is 14.8 Å². The molecule has 1 fully saturated rings. The zero-order valence-corrected chi connectivity index (χ0v) is 11.6. The van der Waals surface area contributed by atoms with Crippen molar-refractivity contribution >= 4 is 0 Å². The molecule has 0 spiro atoms. The topological polar surface area (TPSA) is 56.7 Å². The van der Waals surface area contributed by atoms with Crippen molar-refractivity contribution in [3.63, 3.8) is 0 Å². The standard InChI is InChI=1S/C14H26N4/c1-18-13(10-6-3-7-11-15)16-14(17-18)12-8-4-2-5-9-12/h12H,2-11,15H2,1H3. The van der Waals surface area contributed by atoms with Gasteiger partial charge in [0.15, 0.2) is 5.82 Å². The van der Waals surface area contributed by atoms with Crippen molar-refractivity contribution in [2.24, 2.45) is 12.8 Å². The highest BCUT2D eigenvalue weighted by molar-refractivity contribution is 5.00. The minimum absolute atomic E-state index is 0.614. The molecule has 1 aromatic heterocycles. The van der Waals surface area contributed by atoms with Crippen LogP contribution in [0.3, 0.4) is 0 Å². The zero-order chi connectivity index (χ0) is 12.8. The van der Waals surface area contributed by atoms with Crippen LogP contribution in [0.5, 0.6) is 0 Å². The summed E-state index contributed by atoms with van der Waals surface area (Å²) in [5, 5.41) is 4.61. The second-order valence-corrected chi connectivity index (χ2v) is 5.44. The SMILES string of the molecule is Cn1nc(C2CCCCC2)nc1CCCCCN. The molecule has 0 bridgehead atoms. The van der Waals surface area contributed by atoms with Crippen LogP contribution >= 0.6 is 0 Å². The van der Waals surface area contributed by atoms with Gasteiger partial charge < -0.3 is 5.73 Å². The van der Waals surface area contributed by atoms with Crippen LogP contribution in [0.15, 0.2) is 0 Å². The van der Waals surface area contributed by atoms with Crippen LogP contribution in [0.1, 0.15) is 68.9 Å². The molecule has 0 amide bonds. The van der Waals surface area contributed by atoms with Crippen LogP contribution < -0.4 is 5.73 Å². The average molecular weight is 250 g/mol. The normalized spacial score (nSPS) is 17.2. The monoisotopic (exact) mass is 250 g/mol. The van der Waals surface area contributed by atoms with Gasteiger partial charge in [-0.1, -0.05) is 25.7 Å². The molecular weight excluding hydrogens is 224 g/mol. The van der Waals surface area contributed by atoms with E-state index in [0.29, 0.717) is 5.92 Å². The maximum absolute atomic E-state index is 5.51. The fourth-order valence-electron chi connectivity index (χ4n) is 2.79. The molecule has 1 heterocycles. The molecule has 4 nitrogen and oxygen atoms in total. The maximum atomic E-state index is 5.51. The first-order valence-corrected chi connectivity index (χ1v) is 7.41.